The smallest absolute Gasteiger partial charge is 0.296 e. The van der Waals surface area contributed by atoms with Crippen LogP contribution in [-0.4, -0.2) is 24.4 Å². The summed E-state index contributed by atoms with van der Waals surface area (Å²) in [6.07, 6.45) is 0.936. The van der Waals surface area contributed by atoms with Gasteiger partial charge in [-0.2, -0.15) is 0 Å². The molecule has 25 heavy (non-hydrogen) atoms. The summed E-state index contributed by atoms with van der Waals surface area (Å²) in [4.78, 5) is 25.5. The van der Waals surface area contributed by atoms with Crippen LogP contribution in [0.2, 0.25) is 0 Å². The van der Waals surface area contributed by atoms with Gasteiger partial charge in [-0.25, -0.2) is 4.39 Å². The quantitative estimate of drug-likeness (QED) is 0.716. The van der Waals surface area contributed by atoms with Crippen molar-refractivity contribution in [3.8, 4) is 0 Å². The van der Waals surface area contributed by atoms with Crippen LogP contribution in [0.4, 0.5) is 4.39 Å². The van der Waals surface area contributed by atoms with E-state index in [1.54, 1.807) is 0 Å². The summed E-state index contributed by atoms with van der Waals surface area (Å²) in [5.74, 6) is -1.13. The van der Waals surface area contributed by atoms with Crippen molar-refractivity contribution < 1.29 is 18.9 Å². The van der Waals surface area contributed by atoms with Gasteiger partial charge in [0.25, 0.3) is 11.8 Å². The zero-order valence-electron chi connectivity index (χ0n) is 14.0. The minimum absolute atomic E-state index is 0.246. The van der Waals surface area contributed by atoms with Crippen molar-refractivity contribution in [1.29, 1.82) is 0 Å². The first-order valence-electron chi connectivity index (χ1n) is 8.31. The van der Waals surface area contributed by atoms with Gasteiger partial charge in [0.15, 0.2) is 6.04 Å². The highest BCUT2D eigenvalue weighted by Crippen LogP contribution is 2.10. The number of carbonyl (C=O) groups is 2. The molecule has 1 heterocycles. The molecular weight excluding hydrogens is 321 g/mol. The summed E-state index contributed by atoms with van der Waals surface area (Å²) in [6.45, 7) is 3.51. The molecule has 2 atom stereocenters. The van der Waals surface area contributed by atoms with E-state index in [0.29, 0.717) is 0 Å². The number of carbonyl (C=O) groups excluding carboxylic acids is 2. The molecule has 3 N–H and O–H groups in total. The van der Waals surface area contributed by atoms with Gasteiger partial charge < -0.3 is 4.90 Å². The molecule has 1 aliphatic heterocycles. The number of hydrogen-bond acceptors (Lipinski definition) is 2. The first-order valence-corrected chi connectivity index (χ1v) is 8.31. The van der Waals surface area contributed by atoms with Gasteiger partial charge >= 0.3 is 0 Å². The van der Waals surface area contributed by atoms with Crippen LogP contribution in [-0.2, 0) is 17.8 Å². The summed E-state index contributed by atoms with van der Waals surface area (Å²) >= 11 is 0. The van der Waals surface area contributed by atoms with Crippen LogP contribution >= 0.6 is 0 Å². The highest BCUT2D eigenvalue weighted by Gasteiger charge is 2.29. The Bertz CT molecular complexity index is 776. The number of hydrogen-bond donors (Lipinski definition) is 3. The van der Waals surface area contributed by atoms with Gasteiger partial charge in [0, 0.05) is 17.5 Å². The maximum atomic E-state index is 12.9. The average molecular weight is 342 g/mol. The normalized spacial score (nSPS) is 17.3. The Labute approximate surface area is 145 Å². The highest BCUT2D eigenvalue weighted by atomic mass is 19.1. The molecule has 1 unspecified atom stereocenters. The van der Waals surface area contributed by atoms with Crippen LogP contribution in [0.3, 0.4) is 0 Å². The fourth-order valence-electron chi connectivity index (χ4n) is 3.06. The monoisotopic (exact) mass is 342 g/mol. The maximum absolute atomic E-state index is 12.9. The number of halogens is 1. The number of benzene rings is 2. The second kappa shape index (κ2) is 7.44. The minimum Gasteiger partial charge on any atom is -0.321 e. The molecule has 0 saturated carbocycles. The summed E-state index contributed by atoms with van der Waals surface area (Å²) in [5.41, 5.74) is 7.73. The summed E-state index contributed by atoms with van der Waals surface area (Å²) in [5, 5.41) is 0. The first-order chi connectivity index (χ1) is 12.0. The number of amides is 2. The lowest BCUT2D eigenvalue weighted by Crippen LogP contribution is -3.16. The molecule has 0 spiro atoms. The maximum Gasteiger partial charge on any atom is 0.296 e. The lowest BCUT2D eigenvalue weighted by Gasteiger charge is -2.29. The molecule has 2 amide bonds. The first kappa shape index (κ1) is 17.1. The summed E-state index contributed by atoms with van der Waals surface area (Å²) < 4.78 is 12.9. The van der Waals surface area contributed by atoms with Crippen molar-refractivity contribution in [2.75, 3.05) is 6.54 Å². The molecule has 0 saturated heterocycles. The lowest BCUT2D eigenvalue weighted by atomic mass is 9.99. The number of fused-ring (bicyclic) bond motifs is 1. The van der Waals surface area contributed by atoms with Gasteiger partial charge in [-0.1, -0.05) is 24.3 Å². The fraction of sp³-hybridized carbons (Fsp3) is 0.263. The van der Waals surface area contributed by atoms with Crippen molar-refractivity contribution in [3.05, 3.63) is 71.0 Å². The van der Waals surface area contributed by atoms with E-state index in [2.05, 4.69) is 23.0 Å². The van der Waals surface area contributed by atoms with Crippen LogP contribution in [0, 0.1) is 5.82 Å². The van der Waals surface area contributed by atoms with Crippen LogP contribution in [0.15, 0.2) is 48.5 Å². The van der Waals surface area contributed by atoms with Crippen molar-refractivity contribution in [2.24, 2.45) is 0 Å². The van der Waals surface area contributed by atoms with Gasteiger partial charge in [-0.3, -0.25) is 20.4 Å². The molecule has 2 aromatic rings. The molecule has 1 aliphatic rings. The summed E-state index contributed by atoms with van der Waals surface area (Å²) in [7, 11) is 0. The van der Waals surface area contributed by atoms with Crippen molar-refractivity contribution >= 4 is 11.8 Å². The zero-order valence-corrected chi connectivity index (χ0v) is 14.0. The van der Waals surface area contributed by atoms with E-state index in [9.17, 15) is 14.0 Å². The van der Waals surface area contributed by atoms with Crippen LogP contribution in [0.5, 0.6) is 0 Å². The van der Waals surface area contributed by atoms with E-state index >= 15 is 0 Å². The standard InChI is InChI=1S/C19H20FN3O2/c1-13(23-11-10-14-4-2-3-5-16(14)12-23)18(24)21-22-19(25)15-6-8-17(20)9-7-15/h2-9,13H,10-12H2,1H3,(H,21,24)(H,22,25)/p+1/t13-/m0/s1. The molecular formula is C19H21FN3O2+. The Morgan fingerprint density at radius 1 is 1.04 bits per heavy atom. The third kappa shape index (κ3) is 4.03. The third-order valence-corrected chi connectivity index (χ3v) is 4.66. The molecule has 0 aliphatic carbocycles. The number of nitrogens with one attached hydrogen (secondary N) is 3. The van der Waals surface area contributed by atoms with E-state index in [0.717, 1.165) is 24.4 Å². The predicted molar refractivity (Wildman–Crippen MR) is 91.2 cm³/mol. The number of hydrazine groups is 1. The van der Waals surface area contributed by atoms with Gasteiger partial charge in [-0.15, -0.1) is 0 Å². The van der Waals surface area contributed by atoms with Crippen molar-refractivity contribution in [2.45, 2.75) is 25.9 Å². The molecule has 130 valence electrons. The van der Waals surface area contributed by atoms with Crippen LogP contribution in [0.25, 0.3) is 0 Å². The van der Waals surface area contributed by atoms with E-state index in [-0.39, 0.29) is 17.5 Å². The van der Waals surface area contributed by atoms with Crippen molar-refractivity contribution in [1.82, 2.24) is 10.9 Å². The van der Waals surface area contributed by atoms with Crippen LogP contribution < -0.4 is 15.8 Å². The molecule has 0 bridgehead atoms. The molecule has 3 rings (SSSR count). The van der Waals surface area contributed by atoms with Gasteiger partial charge in [0.05, 0.1) is 6.54 Å². The topological polar surface area (TPSA) is 62.6 Å². The second-order valence-corrected chi connectivity index (χ2v) is 6.28. The largest absolute Gasteiger partial charge is 0.321 e. The molecule has 0 radical (unpaired) electrons. The Hall–Kier alpha value is -2.73. The van der Waals surface area contributed by atoms with E-state index in [1.807, 2.05) is 19.1 Å². The minimum atomic E-state index is -0.473. The molecule has 2 aromatic carbocycles. The van der Waals surface area contributed by atoms with Gasteiger partial charge in [0.1, 0.15) is 12.4 Å². The zero-order chi connectivity index (χ0) is 17.8. The predicted octanol–water partition coefficient (Wildman–Crippen LogP) is 0.616. The Morgan fingerprint density at radius 3 is 2.44 bits per heavy atom. The van der Waals surface area contributed by atoms with E-state index in [4.69, 9.17) is 0 Å². The molecule has 5 nitrogen and oxygen atoms in total. The third-order valence-electron chi connectivity index (χ3n) is 4.66. The van der Waals surface area contributed by atoms with Crippen molar-refractivity contribution in [3.63, 3.8) is 0 Å². The van der Waals surface area contributed by atoms with E-state index in [1.165, 1.54) is 35.4 Å². The SMILES string of the molecule is C[C@@H](C(=O)NNC(=O)c1ccc(F)cc1)[NH+]1CCc2ccccc2C1. The Balaban J connectivity index is 1.54. The second-order valence-electron chi connectivity index (χ2n) is 6.28. The highest BCUT2D eigenvalue weighted by molar-refractivity contribution is 5.95. The van der Waals surface area contributed by atoms with E-state index < -0.39 is 11.7 Å². The molecule has 0 aromatic heterocycles. The molecule has 0 fully saturated rings. The fourth-order valence-corrected chi connectivity index (χ4v) is 3.06. The molecule has 6 heteroatoms. The average Bonchev–Trinajstić information content (AvgIpc) is 2.65. The lowest BCUT2D eigenvalue weighted by molar-refractivity contribution is -0.929. The van der Waals surface area contributed by atoms with Gasteiger partial charge in [-0.05, 0) is 36.8 Å². The Morgan fingerprint density at radius 2 is 1.72 bits per heavy atom. The number of quaternary nitrogens is 1. The van der Waals surface area contributed by atoms with Gasteiger partial charge in [0.2, 0.25) is 0 Å². The van der Waals surface area contributed by atoms with Crippen LogP contribution in [0.1, 0.15) is 28.4 Å². The number of rotatable bonds is 3. The summed E-state index contributed by atoms with van der Waals surface area (Å²) in [6, 6.07) is 13.1. The Kier molecular flexibility index (Phi) is 5.09.